The summed E-state index contributed by atoms with van der Waals surface area (Å²) in [6.07, 6.45) is 5.79. The van der Waals surface area contributed by atoms with Gasteiger partial charge in [-0.1, -0.05) is 12.1 Å². The van der Waals surface area contributed by atoms with E-state index in [1.807, 2.05) is 34.9 Å². The van der Waals surface area contributed by atoms with Gasteiger partial charge in [0.1, 0.15) is 5.82 Å². The van der Waals surface area contributed by atoms with Crippen LogP contribution in [0.4, 0.5) is 0 Å². The molecule has 0 aliphatic carbocycles. The van der Waals surface area contributed by atoms with Crippen LogP contribution in [0.15, 0.2) is 18.6 Å². The van der Waals surface area contributed by atoms with Crippen molar-refractivity contribution in [3.63, 3.8) is 0 Å². The Labute approximate surface area is 119 Å². The van der Waals surface area contributed by atoms with E-state index in [4.69, 9.17) is 0 Å². The number of aromatic nitrogens is 5. The summed E-state index contributed by atoms with van der Waals surface area (Å²) >= 11 is 0. The van der Waals surface area contributed by atoms with Crippen molar-refractivity contribution >= 4 is 0 Å². The van der Waals surface area contributed by atoms with Gasteiger partial charge in [-0.2, -0.15) is 0 Å². The number of nitrogens with zero attached hydrogens (tertiary/aromatic N) is 6. The number of imidazole rings is 1. The number of hydrogen-bond acceptors (Lipinski definition) is 5. The molecule has 7 heteroatoms. The van der Waals surface area contributed by atoms with Crippen molar-refractivity contribution in [1.82, 2.24) is 34.8 Å². The van der Waals surface area contributed by atoms with Crippen LogP contribution < -0.4 is 5.32 Å². The SMILES string of the molecule is CCNCc1cn(CCN(C)Cc2nccn2C)nn1. The third kappa shape index (κ3) is 4.14. The molecule has 0 aliphatic heterocycles. The number of hydrogen-bond donors (Lipinski definition) is 1. The van der Waals surface area contributed by atoms with E-state index >= 15 is 0 Å². The Balaban J connectivity index is 1.77. The molecule has 2 aromatic rings. The molecule has 0 fully saturated rings. The minimum atomic E-state index is 0.777. The first-order chi connectivity index (χ1) is 9.69. The maximum absolute atomic E-state index is 4.33. The minimum absolute atomic E-state index is 0.777. The zero-order valence-electron chi connectivity index (χ0n) is 12.5. The van der Waals surface area contributed by atoms with E-state index in [1.165, 1.54) is 0 Å². The van der Waals surface area contributed by atoms with Gasteiger partial charge in [0.05, 0.1) is 18.8 Å². The third-order valence-electron chi connectivity index (χ3n) is 3.19. The highest BCUT2D eigenvalue weighted by atomic mass is 15.4. The molecule has 0 saturated heterocycles. The second-order valence-corrected chi connectivity index (χ2v) is 4.95. The first-order valence-electron chi connectivity index (χ1n) is 6.93. The van der Waals surface area contributed by atoms with E-state index < -0.39 is 0 Å². The van der Waals surface area contributed by atoms with Crippen LogP contribution in [0.2, 0.25) is 0 Å². The largest absolute Gasteiger partial charge is 0.337 e. The molecule has 110 valence electrons. The van der Waals surface area contributed by atoms with E-state index in [0.29, 0.717) is 0 Å². The van der Waals surface area contributed by atoms with E-state index in [-0.39, 0.29) is 0 Å². The van der Waals surface area contributed by atoms with Crippen LogP contribution in [-0.2, 0) is 26.7 Å². The predicted octanol–water partition coefficient (Wildman–Crippen LogP) is 0.253. The van der Waals surface area contributed by atoms with Crippen molar-refractivity contribution in [3.05, 3.63) is 30.1 Å². The second kappa shape index (κ2) is 7.16. The fourth-order valence-corrected chi connectivity index (χ4v) is 1.92. The molecule has 0 unspecified atom stereocenters. The molecule has 0 aromatic carbocycles. The zero-order chi connectivity index (χ0) is 14.4. The fraction of sp³-hybridized carbons (Fsp3) is 0.615. The molecule has 0 bridgehead atoms. The lowest BCUT2D eigenvalue weighted by Crippen LogP contribution is -2.24. The smallest absolute Gasteiger partial charge is 0.122 e. The maximum atomic E-state index is 4.33. The van der Waals surface area contributed by atoms with Crippen LogP contribution in [-0.4, -0.2) is 49.6 Å². The quantitative estimate of drug-likeness (QED) is 0.749. The normalized spacial score (nSPS) is 11.4. The van der Waals surface area contributed by atoms with Gasteiger partial charge in [-0.3, -0.25) is 9.58 Å². The number of nitrogens with one attached hydrogen (secondary N) is 1. The van der Waals surface area contributed by atoms with Gasteiger partial charge >= 0.3 is 0 Å². The van der Waals surface area contributed by atoms with Gasteiger partial charge in [-0.25, -0.2) is 4.98 Å². The van der Waals surface area contributed by atoms with Crippen LogP contribution in [0.5, 0.6) is 0 Å². The van der Waals surface area contributed by atoms with Crippen molar-refractivity contribution < 1.29 is 0 Å². The van der Waals surface area contributed by atoms with Gasteiger partial charge < -0.3 is 9.88 Å². The first-order valence-corrected chi connectivity index (χ1v) is 6.93. The fourth-order valence-electron chi connectivity index (χ4n) is 1.92. The molecule has 0 spiro atoms. The highest BCUT2D eigenvalue weighted by Crippen LogP contribution is 2.00. The number of aryl methyl sites for hydroxylation is 1. The molecule has 0 amide bonds. The number of rotatable bonds is 8. The summed E-state index contributed by atoms with van der Waals surface area (Å²) in [7, 11) is 4.10. The topological polar surface area (TPSA) is 63.8 Å². The number of likely N-dealkylation sites (N-methyl/N-ethyl adjacent to an activating group) is 1. The van der Waals surface area contributed by atoms with Crippen LogP contribution in [0.25, 0.3) is 0 Å². The monoisotopic (exact) mass is 277 g/mol. The van der Waals surface area contributed by atoms with Crippen molar-refractivity contribution in [2.24, 2.45) is 7.05 Å². The summed E-state index contributed by atoms with van der Waals surface area (Å²) in [6, 6.07) is 0. The summed E-state index contributed by atoms with van der Waals surface area (Å²) in [4.78, 5) is 6.56. The molecule has 2 heterocycles. The Morgan fingerprint density at radius 2 is 2.25 bits per heavy atom. The van der Waals surface area contributed by atoms with Crippen LogP contribution in [0.1, 0.15) is 18.4 Å². The van der Waals surface area contributed by atoms with Crippen LogP contribution in [0.3, 0.4) is 0 Å². The minimum Gasteiger partial charge on any atom is -0.337 e. The third-order valence-corrected chi connectivity index (χ3v) is 3.19. The van der Waals surface area contributed by atoms with Crippen LogP contribution in [0, 0.1) is 0 Å². The average Bonchev–Trinajstić information content (AvgIpc) is 3.04. The molecule has 0 radical (unpaired) electrons. The summed E-state index contributed by atoms with van der Waals surface area (Å²) < 4.78 is 3.93. The van der Waals surface area contributed by atoms with Gasteiger partial charge in [0.2, 0.25) is 0 Å². The zero-order valence-corrected chi connectivity index (χ0v) is 12.5. The summed E-state index contributed by atoms with van der Waals surface area (Å²) in [5.41, 5.74) is 0.985. The average molecular weight is 277 g/mol. The first kappa shape index (κ1) is 14.7. The van der Waals surface area contributed by atoms with E-state index in [0.717, 1.165) is 44.2 Å². The van der Waals surface area contributed by atoms with Gasteiger partial charge in [0.25, 0.3) is 0 Å². The van der Waals surface area contributed by atoms with Gasteiger partial charge in [-0.15, -0.1) is 5.10 Å². The molecule has 2 rings (SSSR count). The van der Waals surface area contributed by atoms with Crippen molar-refractivity contribution in [2.45, 2.75) is 26.6 Å². The molecule has 2 aromatic heterocycles. The van der Waals surface area contributed by atoms with Crippen molar-refractivity contribution in [2.75, 3.05) is 20.1 Å². The lowest BCUT2D eigenvalue weighted by molar-refractivity contribution is 0.294. The predicted molar refractivity (Wildman–Crippen MR) is 76.9 cm³/mol. The molecule has 0 saturated carbocycles. The Kier molecular flexibility index (Phi) is 5.25. The maximum Gasteiger partial charge on any atom is 0.122 e. The molecule has 20 heavy (non-hydrogen) atoms. The van der Waals surface area contributed by atoms with Gasteiger partial charge in [-0.05, 0) is 13.6 Å². The molecular formula is C13H23N7. The molecule has 7 nitrogen and oxygen atoms in total. The van der Waals surface area contributed by atoms with Gasteiger partial charge in [0, 0.05) is 38.7 Å². The molecule has 1 N–H and O–H groups in total. The molecule has 0 atom stereocenters. The highest BCUT2D eigenvalue weighted by Gasteiger charge is 2.06. The second-order valence-electron chi connectivity index (χ2n) is 4.95. The Hall–Kier alpha value is -1.73. The standard InChI is InChI=1S/C13H23N7/c1-4-14-9-12-10-20(17-16-12)8-7-18(2)11-13-15-5-6-19(13)3/h5-6,10,14H,4,7-9,11H2,1-3H3. The Morgan fingerprint density at radius 1 is 1.40 bits per heavy atom. The Morgan fingerprint density at radius 3 is 2.95 bits per heavy atom. The van der Waals surface area contributed by atoms with E-state index in [2.05, 4.69) is 39.5 Å². The highest BCUT2D eigenvalue weighted by molar-refractivity contribution is 4.92. The summed E-state index contributed by atoms with van der Waals surface area (Å²) in [5.74, 6) is 1.07. The summed E-state index contributed by atoms with van der Waals surface area (Å²) in [6.45, 7) is 6.38. The van der Waals surface area contributed by atoms with Crippen molar-refractivity contribution in [3.8, 4) is 0 Å². The van der Waals surface area contributed by atoms with Gasteiger partial charge in [0.15, 0.2) is 0 Å². The van der Waals surface area contributed by atoms with Crippen molar-refractivity contribution in [1.29, 1.82) is 0 Å². The lowest BCUT2D eigenvalue weighted by atomic mass is 10.4. The molecule has 0 aliphatic rings. The summed E-state index contributed by atoms with van der Waals surface area (Å²) in [5, 5.41) is 11.5. The van der Waals surface area contributed by atoms with E-state index in [9.17, 15) is 0 Å². The lowest BCUT2D eigenvalue weighted by Gasteiger charge is -2.15. The van der Waals surface area contributed by atoms with E-state index in [1.54, 1.807) is 0 Å². The van der Waals surface area contributed by atoms with Crippen LogP contribution >= 0.6 is 0 Å². The molecular weight excluding hydrogens is 254 g/mol. The Bertz CT molecular complexity index is 516.